The van der Waals surface area contributed by atoms with Crippen LogP contribution >= 0.6 is 0 Å². The molecule has 3 N–H and O–H groups in total. The molecule has 0 amide bonds. The molecule has 0 spiro atoms. The van der Waals surface area contributed by atoms with Crippen LogP contribution in [0.5, 0.6) is 5.75 Å². The van der Waals surface area contributed by atoms with Crippen LogP contribution in [0.3, 0.4) is 0 Å². The van der Waals surface area contributed by atoms with E-state index in [1.165, 1.54) is 0 Å². The average Bonchev–Trinajstić information content (AvgIpc) is 2.32. The zero-order valence-corrected chi connectivity index (χ0v) is 9.80. The van der Waals surface area contributed by atoms with E-state index >= 15 is 0 Å². The van der Waals surface area contributed by atoms with Crippen LogP contribution < -0.4 is 10.6 Å². The fraction of sp³-hybridized carbons (Fsp3) is 0.143. The first-order valence-electron chi connectivity index (χ1n) is 5.51. The maximum atomic E-state index is 9.72. The Labute approximate surface area is 101 Å². The number of hydrogen-bond acceptors (Lipinski definition) is 3. The highest BCUT2D eigenvalue weighted by Crippen LogP contribution is 2.25. The van der Waals surface area contributed by atoms with Crippen molar-refractivity contribution >= 4 is 11.4 Å². The molecule has 0 aliphatic rings. The molecule has 0 aromatic heterocycles. The standard InChI is InChI=1S/C14H16N2O/c1-16(13-8-4-3-7-12(13)15)10-11-6-2-5-9-14(11)17/h2-9,17H,10,15H2,1H3. The average molecular weight is 228 g/mol. The summed E-state index contributed by atoms with van der Waals surface area (Å²) in [6, 6.07) is 15.0. The Bertz CT molecular complexity index is 511. The first-order chi connectivity index (χ1) is 8.18. The third kappa shape index (κ3) is 2.50. The summed E-state index contributed by atoms with van der Waals surface area (Å²) < 4.78 is 0. The molecule has 17 heavy (non-hydrogen) atoms. The molecule has 2 rings (SSSR count). The predicted molar refractivity (Wildman–Crippen MR) is 71.1 cm³/mol. The van der Waals surface area contributed by atoms with Gasteiger partial charge in [-0.15, -0.1) is 0 Å². The molecule has 0 aliphatic carbocycles. The zero-order chi connectivity index (χ0) is 12.3. The van der Waals surface area contributed by atoms with E-state index in [1.807, 2.05) is 54.4 Å². The minimum atomic E-state index is 0.314. The van der Waals surface area contributed by atoms with Gasteiger partial charge in [-0.05, 0) is 18.2 Å². The minimum absolute atomic E-state index is 0.314. The number of hydrogen-bond donors (Lipinski definition) is 2. The highest BCUT2D eigenvalue weighted by atomic mass is 16.3. The number of nitrogens with two attached hydrogens (primary N) is 1. The number of rotatable bonds is 3. The molecule has 0 aliphatic heterocycles. The molecule has 0 atom stereocenters. The largest absolute Gasteiger partial charge is 0.508 e. The van der Waals surface area contributed by atoms with Gasteiger partial charge >= 0.3 is 0 Å². The molecule has 2 aromatic rings. The first kappa shape index (κ1) is 11.3. The van der Waals surface area contributed by atoms with Crippen LogP contribution in [0.1, 0.15) is 5.56 Å². The fourth-order valence-electron chi connectivity index (χ4n) is 1.82. The van der Waals surface area contributed by atoms with Crippen LogP contribution in [0, 0.1) is 0 Å². The summed E-state index contributed by atoms with van der Waals surface area (Å²) in [6.45, 7) is 0.626. The Morgan fingerprint density at radius 1 is 1.06 bits per heavy atom. The molecule has 2 aromatic carbocycles. The summed E-state index contributed by atoms with van der Waals surface area (Å²) in [7, 11) is 1.96. The minimum Gasteiger partial charge on any atom is -0.508 e. The Hall–Kier alpha value is -2.16. The van der Waals surface area contributed by atoms with Gasteiger partial charge in [0.1, 0.15) is 5.75 Å². The highest BCUT2D eigenvalue weighted by Gasteiger charge is 2.07. The molecule has 0 saturated heterocycles. The number of nitrogen functional groups attached to an aromatic ring is 1. The number of anilines is 2. The van der Waals surface area contributed by atoms with E-state index in [9.17, 15) is 5.11 Å². The predicted octanol–water partition coefficient (Wildman–Crippen LogP) is 2.61. The molecule has 0 unspecified atom stereocenters. The fourth-order valence-corrected chi connectivity index (χ4v) is 1.82. The van der Waals surface area contributed by atoms with E-state index in [2.05, 4.69) is 0 Å². The van der Waals surface area contributed by atoms with Gasteiger partial charge in [-0.3, -0.25) is 0 Å². The quantitative estimate of drug-likeness (QED) is 0.794. The molecule has 88 valence electrons. The molecular weight excluding hydrogens is 212 g/mol. The lowest BCUT2D eigenvalue weighted by Gasteiger charge is -2.21. The smallest absolute Gasteiger partial charge is 0.120 e. The number of nitrogens with zero attached hydrogens (tertiary/aromatic N) is 1. The Morgan fingerprint density at radius 3 is 2.41 bits per heavy atom. The summed E-state index contributed by atoms with van der Waals surface area (Å²) in [4.78, 5) is 2.02. The normalized spacial score (nSPS) is 10.2. The van der Waals surface area contributed by atoms with Crippen LogP contribution in [-0.4, -0.2) is 12.2 Å². The number of para-hydroxylation sites is 3. The molecule has 0 fully saturated rings. The van der Waals surface area contributed by atoms with Crippen LogP contribution in [0.15, 0.2) is 48.5 Å². The molecule has 0 radical (unpaired) electrons. The van der Waals surface area contributed by atoms with Crippen LogP contribution in [0.2, 0.25) is 0 Å². The van der Waals surface area contributed by atoms with Gasteiger partial charge in [-0.2, -0.15) is 0 Å². The first-order valence-corrected chi connectivity index (χ1v) is 5.51. The summed E-state index contributed by atoms with van der Waals surface area (Å²) in [5.41, 5.74) is 8.51. The number of aromatic hydroxyl groups is 1. The summed E-state index contributed by atoms with van der Waals surface area (Å²) in [5.74, 6) is 0.314. The summed E-state index contributed by atoms with van der Waals surface area (Å²) in [6.07, 6.45) is 0. The van der Waals surface area contributed by atoms with E-state index in [1.54, 1.807) is 6.07 Å². The Balaban J connectivity index is 2.20. The maximum absolute atomic E-state index is 9.72. The zero-order valence-electron chi connectivity index (χ0n) is 9.80. The molecule has 0 bridgehead atoms. The van der Waals surface area contributed by atoms with Gasteiger partial charge < -0.3 is 15.7 Å². The molecular formula is C14H16N2O. The van der Waals surface area contributed by atoms with Crippen LogP contribution in [0.25, 0.3) is 0 Å². The van der Waals surface area contributed by atoms with Crippen molar-refractivity contribution in [1.82, 2.24) is 0 Å². The van der Waals surface area contributed by atoms with Gasteiger partial charge in [0.05, 0.1) is 11.4 Å². The number of benzene rings is 2. The molecule has 0 heterocycles. The van der Waals surface area contributed by atoms with Gasteiger partial charge in [0.25, 0.3) is 0 Å². The lowest BCUT2D eigenvalue weighted by molar-refractivity contribution is 0.468. The van der Waals surface area contributed by atoms with E-state index in [4.69, 9.17) is 5.73 Å². The van der Waals surface area contributed by atoms with Crippen molar-refractivity contribution in [2.75, 3.05) is 17.7 Å². The third-order valence-electron chi connectivity index (χ3n) is 2.75. The molecule has 0 saturated carbocycles. The second-order valence-corrected chi connectivity index (χ2v) is 4.04. The van der Waals surface area contributed by atoms with Crippen molar-refractivity contribution in [2.45, 2.75) is 6.54 Å². The lowest BCUT2D eigenvalue weighted by atomic mass is 10.1. The van der Waals surface area contributed by atoms with Crippen LogP contribution in [0.4, 0.5) is 11.4 Å². The van der Waals surface area contributed by atoms with Gasteiger partial charge in [-0.25, -0.2) is 0 Å². The van der Waals surface area contributed by atoms with Crippen molar-refractivity contribution in [3.63, 3.8) is 0 Å². The maximum Gasteiger partial charge on any atom is 0.120 e. The Kier molecular flexibility index (Phi) is 3.19. The van der Waals surface area contributed by atoms with Crippen LogP contribution in [-0.2, 0) is 6.54 Å². The SMILES string of the molecule is CN(Cc1ccccc1O)c1ccccc1N. The van der Waals surface area contributed by atoms with Gasteiger partial charge in [0, 0.05) is 19.2 Å². The van der Waals surface area contributed by atoms with Gasteiger partial charge in [0.15, 0.2) is 0 Å². The molecule has 3 heteroatoms. The van der Waals surface area contributed by atoms with Crippen molar-refractivity contribution in [3.8, 4) is 5.75 Å². The topological polar surface area (TPSA) is 49.5 Å². The van der Waals surface area contributed by atoms with E-state index in [0.29, 0.717) is 12.3 Å². The monoisotopic (exact) mass is 228 g/mol. The van der Waals surface area contributed by atoms with E-state index < -0.39 is 0 Å². The van der Waals surface area contributed by atoms with Crippen molar-refractivity contribution in [1.29, 1.82) is 0 Å². The van der Waals surface area contributed by atoms with Crippen molar-refractivity contribution < 1.29 is 5.11 Å². The third-order valence-corrected chi connectivity index (χ3v) is 2.75. The van der Waals surface area contributed by atoms with Crippen molar-refractivity contribution in [2.24, 2.45) is 0 Å². The van der Waals surface area contributed by atoms with E-state index in [-0.39, 0.29) is 0 Å². The number of phenolic OH excluding ortho intramolecular Hbond substituents is 1. The summed E-state index contributed by atoms with van der Waals surface area (Å²) >= 11 is 0. The van der Waals surface area contributed by atoms with Gasteiger partial charge in [-0.1, -0.05) is 30.3 Å². The van der Waals surface area contributed by atoms with Crippen molar-refractivity contribution in [3.05, 3.63) is 54.1 Å². The molecule has 3 nitrogen and oxygen atoms in total. The van der Waals surface area contributed by atoms with E-state index in [0.717, 1.165) is 16.9 Å². The Morgan fingerprint density at radius 2 is 1.71 bits per heavy atom. The highest BCUT2D eigenvalue weighted by molar-refractivity contribution is 5.67. The number of phenols is 1. The second-order valence-electron chi connectivity index (χ2n) is 4.04. The summed E-state index contributed by atoms with van der Waals surface area (Å²) in [5, 5.41) is 9.72. The lowest BCUT2D eigenvalue weighted by Crippen LogP contribution is -2.17. The second kappa shape index (κ2) is 4.78. The van der Waals surface area contributed by atoms with Gasteiger partial charge in [0.2, 0.25) is 0 Å².